The van der Waals surface area contributed by atoms with Gasteiger partial charge in [0.2, 0.25) is 5.91 Å². The molecule has 0 radical (unpaired) electrons. The van der Waals surface area contributed by atoms with Crippen molar-refractivity contribution in [3.05, 3.63) is 66.6 Å². The number of anilines is 1. The third kappa shape index (κ3) is 3.76. The number of hydrogen-bond donors (Lipinski definition) is 0. The fourth-order valence-corrected chi connectivity index (χ4v) is 4.25. The number of fused-ring (bicyclic) bond motifs is 1. The highest BCUT2D eigenvalue weighted by atomic mass is 16.2. The fraction of sp³-hybridized carbons (Fsp3) is 0.304. The van der Waals surface area contributed by atoms with Gasteiger partial charge in [-0.25, -0.2) is 15.0 Å². The Bertz CT molecular complexity index is 1220. The number of carbonyl (C=O) groups excluding carboxylic acids is 1. The van der Waals surface area contributed by atoms with Gasteiger partial charge in [0.05, 0.1) is 6.42 Å². The molecule has 1 saturated heterocycles. The second-order valence-electron chi connectivity index (χ2n) is 7.93. The summed E-state index contributed by atoms with van der Waals surface area (Å²) in [5, 5.41) is 1.15. The summed E-state index contributed by atoms with van der Waals surface area (Å²) >= 11 is 0. The van der Waals surface area contributed by atoms with Crippen molar-refractivity contribution in [2.24, 2.45) is 7.05 Å². The van der Waals surface area contributed by atoms with Crippen molar-refractivity contribution in [3.8, 4) is 5.82 Å². The van der Waals surface area contributed by atoms with Crippen LogP contribution in [0.1, 0.15) is 11.4 Å². The van der Waals surface area contributed by atoms with Crippen LogP contribution in [0.5, 0.6) is 0 Å². The van der Waals surface area contributed by atoms with E-state index in [0.29, 0.717) is 19.5 Å². The summed E-state index contributed by atoms with van der Waals surface area (Å²) in [6.07, 6.45) is 7.83. The molecule has 31 heavy (non-hydrogen) atoms. The normalized spacial score (nSPS) is 14.4. The first-order valence-electron chi connectivity index (χ1n) is 10.5. The maximum atomic E-state index is 13.0. The van der Waals surface area contributed by atoms with Gasteiger partial charge in [-0.3, -0.25) is 9.36 Å². The average molecular weight is 416 g/mol. The second kappa shape index (κ2) is 7.86. The van der Waals surface area contributed by atoms with Gasteiger partial charge in [-0.05, 0) is 18.6 Å². The highest BCUT2D eigenvalue weighted by molar-refractivity contribution is 5.89. The zero-order valence-electron chi connectivity index (χ0n) is 17.8. The van der Waals surface area contributed by atoms with Gasteiger partial charge in [-0.1, -0.05) is 18.2 Å². The van der Waals surface area contributed by atoms with Crippen LogP contribution in [0.15, 0.2) is 55.2 Å². The Kier molecular flexibility index (Phi) is 4.89. The number of benzene rings is 1. The van der Waals surface area contributed by atoms with E-state index in [1.807, 2.05) is 47.8 Å². The SMILES string of the molecule is Cc1nc(N2CCN(C(=O)Cc3cn(C)c4ccccc34)CC2)cc(-n2ccnc2)n1. The zero-order valence-corrected chi connectivity index (χ0v) is 17.8. The van der Waals surface area contributed by atoms with Crippen molar-refractivity contribution in [2.45, 2.75) is 13.3 Å². The summed E-state index contributed by atoms with van der Waals surface area (Å²) in [6, 6.07) is 10.2. The van der Waals surface area contributed by atoms with Crippen LogP contribution < -0.4 is 4.90 Å². The summed E-state index contributed by atoms with van der Waals surface area (Å²) < 4.78 is 3.97. The first kappa shape index (κ1) is 19.3. The maximum Gasteiger partial charge on any atom is 0.227 e. The van der Waals surface area contributed by atoms with E-state index in [0.717, 1.165) is 47.0 Å². The summed E-state index contributed by atoms with van der Waals surface area (Å²) in [6.45, 7) is 4.77. The van der Waals surface area contributed by atoms with Crippen LogP contribution in [-0.4, -0.2) is 61.1 Å². The third-order valence-corrected chi connectivity index (χ3v) is 5.86. The molecule has 1 aromatic carbocycles. The molecule has 0 bridgehead atoms. The molecule has 1 aliphatic heterocycles. The number of nitrogens with zero attached hydrogens (tertiary/aromatic N) is 7. The third-order valence-electron chi connectivity index (χ3n) is 5.86. The molecule has 8 heteroatoms. The van der Waals surface area contributed by atoms with Crippen molar-refractivity contribution in [3.63, 3.8) is 0 Å². The number of para-hydroxylation sites is 1. The fourth-order valence-electron chi connectivity index (χ4n) is 4.25. The number of carbonyl (C=O) groups is 1. The van der Waals surface area contributed by atoms with E-state index in [4.69, 9.17) is 0 Å². The van der Waals surface area contributed by atoms with Crippen LogP contribution in [0.2, 0.25) is 0 Å². The lowest BCUT2D eigenvalue weighted by molar-refractivity contribution is -0.130. The van der Waals surface area contributed by atoms with Gasteiger partial charge >= 0.3 is 0 Å². The van der Waals surface area contributed by atoms with E-state index in [9.17, 15) is 4.79 Å². The minimum atomic E-state index is 0.175. The minimum Gasteiger partial charge on any atom is -0.353 e. The van der Waals surface area contributed by atoms with E-state index in [2.05, 4.69) is 42.7 Å². The molecule has 0 aliphatic carbocycles. The Morgan fingerprint density at radius 3 is 2.61 bits per heavy atom. The van der Waals surface area contributed by atoms with Gasteiger partial charge in [-0.2, -0.15) is 0 Å². The van der Waals surface area contributed by atoms with Gasteiger partial charge in [0.15, 0.2) is 0 Å². The number of piperazine rings is 1. The largest absolute Gasteiger partial charge is 0.353 e. The molecule has 0 saturated carbocycles. The molecule has 1 fully saturated rings. The number of hydrogen-bond acceptors (Lipinski definition) is 5. The first-order chi connectivity index (χ1) is 15.1. The molecular formula is C23H25N7O. The topological polar surface area (TPSA) is 72.1 Å². The number of rotatable bonds is 4. The van der Waals surface area contributed by atoms with Crippen LogP contribution in [0, 0.1) is 6.92 Å². The Labute approximate surface area is 180 Å². The lowest BCUT2D eigenvalue weighted by Gasteiger charge is -2.35. The van der Waals surface area contributed by atoms with Crippen LogP contribution >= 0.6 is 0 Å². The molecule has 8 nitrogen and oxygen atoms in total. The molecule has 158 valence electrons. The maximum absolute atomic E-state index is 13.0. The van der Waals surface area contributed by atoms with Gasteiger partial charge in [0.1, 0.15) is 23.8 Å². The van der Waals surface area contributed by atoms with Crippen molar-refractivity contribution < 1.29 is 4.79 Å². The zero-order chi connectivity index (χ0) is 21.4. The molecule has 4 aromatic rings. The summed E-state index contributed by atoms with van der Waals surface area (Å²) in [5.41, 5.74) is 2.24. The van der Waals surface area contributed by atoms with Crippen molar-refractivity contribution in [2.75, 3.05) is 31.1 Å². The molecule has 5 rings (SSSR count). The minimum absolute atomic E-state index is 0.175. The number of aryl methyl sites for hydroxylation is 2. The summed E-state index contributed by atoms with van der Waals surface area (Å²) in [5.74, 6) is 2.58. The van der Waals surface area contributed by atoms with E-state index >= 15 is 0 Å². The highest BCUT2D eigenvalue weighted by Gasteiger charge is 2.23. The van der Waals surface area contributed by atoms with Crippen molar-refractivity contribution >= 4 is 22.6 Å². The van der Waals surface area contributed by atoms with Crippen molar-refractivity contribution in [1.29, 1.82) is 0 Å². The van der Waals surface area contributed by atoms with Crippen LogP contribution in [0.3, 0.4) is 0 Å². The average Bonchev–Trinajstić information content (AvgIpc) is 3.43. The standard InChI is InChI=1S/C23H25N7O/c1-17-25-21(14-22(26-17)30-8-7-24-16-30)28-9-11-29(12-10-28)23(31)13-18-15-27(2)20-6-4-3-5-19(18)20/h3-8,14-16H,9-13H2,1-2H3. The van der Waals surface area contributed by atoms with E-state index in [1.54, 1.807) is 12.5 Å². The van der Waals surface area contributed by atoms with Gasteiger partial charge < -0.3 is 14.4 Å². The van der Waals surface area contributed by atoms with Crippen LogP contribution in [-0.2, 0) is 18.3 Å². The van der Waals surface area contributed by atoms with E-state index in [1.165, 1.54) is 0 Å². The van der Waals surface area contributed by atoms with Crippen molar-refractivity contribution in [1.82, 2.24) is 29.0 Å². The van der Waals surface area contributed by atoms with Gasteiger partial charge in [0, 0.05) is 68.8 Å². The van der Waals surface area contributed by atoms with Gasteiger partial charge in [-0.15, -0.1) is 0 Å². The predicted octanol–water partition coefficient (Wildman–Crippen LogP) is 2.35. The Morgan fingerprint density at radius 1 is 1.06 bits per heavy atom. The molecule has 0 spiro atoms. The quantitative estimate of drug-likeness (QED) is 0.512. The van der Waals surface area contributed by atoms with E-state index in [-0.39, 0.29) is 5.91 Å². The number of amides is 1. The van der Waals surface area contributed by atoms with Crippen LogP contribution in [0.25, 0.3) is 16.7 Å². The molecule has 0 N–H and O–H groups in total. The summed E-state index contributed by atoms with van der Waals surface area (Å²) in [4.78, 5) is 30.4. The number of imidazole rings is 1. The molecular weight excluding hydrogens is 390 g/mol. The first-order valence-corrected chi connectivity index (χ1v) is 10.5. The van der Waals surface area contributed by atoms with E-state index < -0.39 is 0 Å². The molecule has 1 amide bonds. The predicted molar refractivity (Wildman–Crippen MR) is 119 cm³/mol. The Hall–Kier alpha value is -3.68. The lowest BCUT2D eigenvalue weighted by atomic mass is 10.1. The van der Waals surface area contributed by atoms with Crippen LogP contribution in [0.4, 0.5) is 5.82 Å². The monoisotopic (exact) mass is 415 g/mol. The number of aromatic nitrogens is 5. The molecule has 0 atom stereocenters. The molecule has 4 heterocycles. The Morgan fingerprint density at radius 2 is 1.84 bits per heavy atom. The molecule has 0 unspecified atom stereocenters. The smallest absolute Gasteiger partial charge is 0.227 e. The Balaban J connectivity index is 1.27. The lowest BCUT2D eigenvalue weighted by Crippen LogP contribution is -2.49. The highest BCUT2D eigenvalue weighted by Crippen LogP contribution is 2.22. The second-order valence-corrected chi connectivity index (χ2v) is 7.93. The van der Waals surface area contributed by atoms with Gasteiger partial charge in [0.25, 0.3) is 0 Å². The molecule has 1 aliphatic rings. The summed E-state index contributed by atoms with van der Waals surface area (Å²) in [7, 11) is 2.02. The molecule has 3 aromatic heterocycles.